The van der Waals surface area contributed by atoms with Gasteiger partial charge in [0.05, 0.1) is 36.5 Å². The van der Waals surface area contributed by atoms with E-state index in [0.29, 0.717) is 25.1 Å². The molecule has 0 radical (unpaired) electrons. The number of hydrogen-bond acceptors (Lipinski definition) is 7. The van der Waals surface area contributed by atoms with Crippen molar-refractivity contribution in [3.8, 4) is 6.07 Å². The van der Waals surface area contributed by atoms with E-state index in [1.54, 1.807) is 30.2 Å². The molecular weight excluding hydrogens is 503 g/mol. The number of nitrogens with zero attached hydrogens (tertiary/aromatic N) is 6. The van der Waals surface area contributed by atoms with Gasteiger partial charge in [0.2, 0.25) is 0 Å². The highest BCUT2D eigenvalue weighted by molar-refractivity contribution is 7.89. The molecule has 11 nitrogen and oxygen atoms in total. The standard InChI is InChI=1S/C19H21N7O2S.C2HF3O2/c1-24-11-19(22-13-24)29(27,28)23-16-6-15-5-14(7-20)3-4-18(15)26(9-16)10-17-8-21-12-25(17)2;3-2(4,5)1(6)7/h3-5,8,11-13,16,23H,6,9-10H2,1-2H3;(H,6,7). The lowest BCUT2D eigenvalue weighted by Gasteiger charge is -2.36. The van der Waals surface area contributed by atoms with E-state index in [1.165, 1.54) is 12.5 Å². The molecule has 0 amide bonds. The Morgan fingerprint density at radius 3 is 2.53 bits per heavy atom. The number of nitriles is 1. The number of carboxylic acids is 1. The summed E-state index contributed by atoms with van der Waals surface area (Å²) in [4.78, 5) is 19.1. The van der Waals surface area contributed by atoms with Crippen LogP contribution in [0.15, 0.2) is 48.3 Å². The van der Waals surface area contributed by atoms with Crippen LogP contribution >= 0.6 is 0 Å². The van der Waals surface area contributed by atoms with E-state index in [-0.39, 0.29) is 11.1 Å². The predicted octanol–water partition coefficient (Wildman–Crippen LogP) is 1.57. The topological polar surface area (TPSA) is 146 Å². The molecule has 192 valence electrons. The number of nitrogens with one attached hydrogen (secondary N) is 1. The van der Waals surface area contributed by atoms with Crippen LogP contribution in [0.25, 0.3) is 0 Å². The van der Waals surface area contributed by atoms with Crippen molar-refractivity contribution in [1.82, 2.24) is 23.8 Å². The maximum Gasteiger partial charge on any atom is 0.490 e. The third kappa shape index (κ3) is 6.40. The van der Waals surface area contributed by atoms with Crippen molar-refractivity contribution in [2.75, 3.05) is 11.4 Å². The molecule has 2 N–H and O–H groups in total. The van der Waals surface area contributed by atoms with Gasteiger partial charge in [-0.1, -0.05) is 0 Å². The summed E-state index contributed by atoms with van der Waals surface area (Å²) in [6.07, 6.45) is 1.88. The van der Waals surface area contributed by atoms with Gasteiger partial charge in [0.25, 0.3) is 10.0 Å². The Labute approximate surface area is 204 Å². The van der Waals surface area contributed by atoms with Crippen LogP contribution in [0.2, 0.25) is 0 Å². The summed E-state index contributed by atoms with van der Waals surface area (Å²) in [6, 6.07) is 7.34. The molecule has 3 heterocycles. The number of aryl methyl sites for hydroxylation is 2. The van der Waals surface area contributed by atoms with Gasteiger partial charge < -0.3 is 19.1 Å². The van der Waals surface area contributed by atoms with Gasteiger partial charge in [0, 0.05) is 44.8 Å². The fourth-order valence-electron chi connectivity index (χ4n) is 3.59. The number of imidazole rings is 2. The van der Waals surface area contributed by atoms with Crippen molar-refractivity contribution >= 4 is 21.7 Å². The molecule has 2 aromatic heterocycles. The van der Waals surface area contributed by atoms with Gasteiger partial charge in [-0.15, -0.1) is 0 Å². The van der Waals surface area contributed by atoms with Crippen LogP contribution in [0.3, 0.4) is 0 Å². The predicted molar refractivity (Wildman–Crippen MR) is 120 cm³/mol. The summed E-state index contributed by atoms with van der Waals surface area (Å²) in [5, 5.41) is 16.4. The third-order valence-corrected chi connectivity index (χ3v) is 6.65. The average Bonchev–Trinajstić information content (AvgIpc) is 3.41. The Balaban J connectivity index is 0.000000454. The molecule has 1 aliphatic rings. The van der Waals surface area contributed by atoms with Gasteiger partial charge in [-0.3, -0.25) is 0 Å². The molecule has 0 fully saturated rings. The first-order valence-corrected chi connectivity index (χ1v) is 11.8. The summed E-state index contributed by atoms with van der Waals surface area (Å²) in [5.41, 5.74) is 3.50. The van der Waals surface area contributed by atoms with E-state index in [4.69, 9.17) is 9.90 Å². The number of carbonyl (C=O) groups is 1. The lowest BCUT2D eigenvalue weighted by atomic mass is 9.96. The van der Waals surface area contributed by atoms with E-state index < -0.39 is 22.2 Å². The number of anilines is 1. The number of fused-ring (bicyclic) bond motifs is 1. The van der Waals surface area contributed by atoms with E-state index >= 15 is 0 Å². The second-order valence-corrected chi connectivity index (χ2v) is 9.70. The zero-order valence-corrected chi connectivity index (χ0v) is 20.0. The van der Waals surface area contributed by atoms with Crippen molar-refractivity contribution in [3.63, 3.8) is 0 Å². The van der Waals surface area contributed by atoms with Crippen molar-refractivity contribution in [2.45, 2.75) is 30.2 Å². The van der Waals surface area contributed by atoms with Crippen LogP contribution in [0.5, 0.6) is 0 Å². The minimum Gasteiger partial charge on any atom is -0.475 e. The van der Waals surface area contributed by atoms with Gasteiger partial charge in [-0.05, 0) is 30.2 Å². The van der Waals surface area contributed by atoms with E-state index in [9.17, 15) is 26.9 Å². The summed E-state index contributed by atoms with van der Waals surface area (Å²) >= 11 is 0. The first kappa shape index (κ1) is 26.7. The van der Waals surface area contributed by atoms with Crippen LogP contribution < -0.4 is 9.62 Å². The molecule has 1 unspecified atom stereocenters. The molecule has 36 heavy (non-hydrogen) atoms. The lowest BCUT2D eigenvalue weighted by Crippen LogP contribution is -2.48. The van der Waals surface area contributed by atoms with Gasteiger partial charge >= 0.3 is 12.1 Å². The molecule has 4 rings (SSSR count). The minimum atomic E-state index is -5.08. The number of aromatic nitrogens is 4. The number of alkyl halides is 3. The quantitative estimate of drug-likeness (QED) is 0.511. The largest absolute Gasteiger partial charge is 0.490 e. The number of halogens is 3. The molecule has 1 aromatic carbocycles. The Morgan fingerprint density at radius 1 is 1.31 bits per heavy atom. The van der Waals surface area contributed by atoms with Crippen molar-refractivity contribution < 1.29 is 31.5 Å². The zero-order valence-electron chi connectivity index (χ0n) is 19.1. The fourth-order valence-corrected chi connectivity index (χ4v) is 4.80. The van der Waals surface area contributed by atoms with E-state index in [0.717, 1.165) is 16.9 Å². The smallest absolute Gasteiger partial charge is 0.475 e. The van der Waals surface area contributed by atoms with Gasteiger partial charge in [-0.2, -0.15) is 18.4 Å². The number of carboxylic acid groups (broad SMARTS) is 1. The molecule has 0 bridgehead atoms. The Kier molecular flexibility index (Phi) is 7.70. The van der Waals surface area contributed by atoms with Gasteiger partial charge in [0.1, 0.15) is 0 Å². The number of aliphatic carboxylic acids is 1. The molecule has 3 aromatic rings. The maximum absolute atomic E-state index is 12.8. The average molecular weight is 526 g/mol. The summed E-state index contributed by atoms with van der Waals surface area (Å²) < 4.78 is 63.6. The van der Waals surface area contributed by atoms with E-state index in [2.05, 4.69) is 25.7 Å². The SMILES string of the molecule is Cn1cnc(S(=O)(=O)NC2Cc3cc(C#N)ccc3N(Cc3cncn3C)C2)c1.O=C(O)C(F)(F)F. The summed E-state index contributed by atoms with van der Waals surface area (Å²) in [7, 11) is -0.0941. The number of rotatable bonds is 5. The molecule has 0 aliphatic carbocycles. The van der Waals surface area contributed by atoms with Crippen LogP contribution in [-0.4, -0.2) is 57.4 Å². The molecule has 0 saturated heterocycles. The second kappa shape index (κ2) is 10.4. The summed E-state index contributed by atoms with van der Waals surface area (Å²) in [6.45, 7) is 1.08. The normalized spacial score (nSPS) is 15.4. The monoisotopic (exact) mass is 525 g/mol. The number of hydrogen-bond donors (Lipinski definition) is 2. The van der Waals surface area contributed by atoms with Crippen molar-refractivity contribution in [3.05, 3.63) is 60.1 Å². The Morgan fingerprint density at radius 2 is 2.00 bits per heavy atom. The second-order valence-electron chi connectivity index (χ2n) is 8.03. The van der Waals surface area contributed by atoms with Gasteiger partial charge in [-0.25, -0.2) is 27.9 Å². The lowest BCUT2D eigenvalue weighted by molar-refractivity contribution is -0.192. The molecule has 1 aliphatic heterocycles. The fraction of sp³-hybridized carbons (Fsp3) is 0.333. The number of benzene rings is 1. The summed E-state index contributed by atoms with van der Waals surface area (Å²) in [5.74, 6) is -2.76. The van der Waals surface area contributed by atoms with Crippen molar-refractivity contribution in [1.29, 1.82) is 5.26 Å². The van der Waals surface area contributed by atoms with E-state index in [1.807, 2.05) is 23.7 Å². The third-order valence-electron chi connectivity index (χ3n) is 5.25. The Bertz CT molecular complexity index is 1390. The van der Waals surface area contributed by atoms with Gasteiger partial charge in [0.15, 0.2) is 5.03 Å². The molecule has 0 saturated carbocycles. The van der Waals surface area contributed by atoms with Crippen LogP contribution in [0, 0.1) is 11.3 Å². The molecule has 1 atom stereocenters. The van der Waals surface area contributed by atoms with Crippen LogP contribution in [0.1, 0.15) is 16.8 Å². The van der Waals surface area contributed by atoms with Crippen LogP contribution in [-0.2, 0) is 41.9 Å². The highest BCUT2D eigenvalue weighted by Gasteiger charge is 2.38. The highest BCUT2D eigenvalue weighted by Crippen LogP contribution is 2.30. The Hall–Kier alpha value is -3.90. The van der Waals surface area contributed by atoms with Crippen molar-refractivity contribution in [2.24, 2.45) is 14.1 Å². The number of sulfonamides is 1. The zero-order chi connectivity index (χ0) is 26.7. The maximum atomic E-state index is 12.8. The minimum absolute atomic E-state index is 0.00485. The first-order valence-electron chi connectivity index (χ1n) is 10.3. The first-order chi connectivity index (χ1) is 16.8. The molecule has 15 heteroatoms. The highest BCUT2D eigenvalue weighted by atomic mass is 32.2. The van der Waals surface area contributed by atoms with Crippen LogP contribution in [0.4, 0.5) is 18.9 Å². The molecule has 0 spiro atoms. The molecular formula is C21H22F3N7O4S.